The quantitative estimate of drug-likeness (QED) is 0.163. The average Bonchev–Trinajstić information content (AvgIpc) is 3.71. The molecule has 0 aliphatic carbocycles. The molecule has 0 aliphatic rings. The second-order valence-electron chi connectivity index (χ2n) is 14.5. The molecule has 2 unspecified atom stereocenters. The number of amides is 2. The van der Waals surface area contributed by atoms with Gasteiger partial charge in [0.25, 0.3) is 0 Å². The van der Waals surface area contributed by atoms with Gasteiger partial charge in [0.05, 0.1) is 23.8 Å². The summed E-state index contributed by atoms with van der Waals surface area (Å²) in [6.07, 6.45) is 4.13. The van der Waals surface area contributed by atoms with Gasteiger partial charge in [-0.1, -0.05) is 90.1 Å². The van der Waals surface area contributed by atoms with E-state index in [0.29, 0.717) is 38.4 Å². The summed E-state index contributed by atoms with van der Waals surface area (Å²) in [6, 6.07) is 16.9. The van der Waals surface area contributed by atoms with Crippen LogP contribution in [0.3, 0.4) is 0 Å². The number of carbonyl (C=O) groups is 2. The van der Waals surface area contributed by atoms with Crippen LogP contribution in [0.25, 0.3) is 33.6 Å². The monoisotopic (exact) mass is 638 g/mol. The zero-order chi connectivity index (χ0) is 34.5. The van der Waals surface area contributed by atoms with Gasteiger partial charge in [0.1, 0.15) is 17.6 Å². The summed E-state index contributed by atoms with van der Waals surface area (Å²) in [5, 5.41) is 0. The third-order valence-corrected chi connectivity index (χ3v) is 9.25. The molecule has 0 saturated carbocycles. The smallest absolute Gasteiger partial charge is 0.233 e. The Hall–Kier alpha value is -4.20. The number of aromatic nitrogens is 4. The normalized spacial score (nSPS) is 13.3. The highest BCUT2D eigenvalue weighted by Gasteiger charge is 2.37. The van der Waals surface area contributed by atoms with Gasteiger partial charge in [0, 0.05) is 38.5 Å². The Morgan fingerprint density at radius 1 is 0.617 bits per heavy atom. The molecule has 2 amide bonds. The first-order valence-corrected chi connectivity index (χ1v) is 17.1. The lowest BCUT2D eigenvalue weighted by molar-refractivity contribution is -0.135. The number of benzene rings is 2. The fourth-order valence-corrected chi connectivity index (χ4v) is 6.28. The van der Waals surface area contributed by atoms with E-state index in [1.54, 1.807) is 0 Å². The van der Waals surface area contributed by atoms with Gasteiger partial charge in [0.2, 0.25) is 11.8 Å². The molecular formula is C39H54N6O2. The number of hydrogen-bond acceptors (Lipinski definition) is 4. The first-order valence-electron chi connectivity index (χ1n) is 17.1. The van der Waals surface area contributed by atoms with Gasteiger partial charge >= 0.3 is 0 Å². The molecule has 0 spiro atoms. The van der Waals surface area contributed by atoms with Crippen molar-refractivity contribution in [1.82, 2.24) is 29.7 Å². The molecule has 0 radical (unpaired) electrons. The number of rotatable bonds is 12. The average molecular weight is 639 g/mol. The molecule has 0 saturated heterocycles. The van der Waals surface area contributed by atoms with Crippen LogP contribution in [-0.2, 0) is 9.59 Å². The van der Waals surface area contributed by atoms with Gasteiger partial charge in [-0.3, -0.25) is 9.59 Å². The van der Waals surface area contributed by atoms with Gasteiger partial charge in [-0.05, 0) is 60.8 Å². The summed E-state index contributed by atoms with van der Waals surface area (Å²) in [6.45, 7) is 23.6. The van der Waals surface area contributed by atoms with Gasteiger partial charge < -0.3 is 19.8 Å². The van der Waals surface area contributed by atoms with Crippen LogP contribution < -0.4 is 0 Å². The topological polar surface area (TPSA) is 98.0 Å². The Labute approximate surface area is 281 Å². The second-order valence-corrected chi connectivity index (χ2v) is 14.5. The maximum absolute atomic E-state index is 13.4. The minimum atomic E-state index is -0.353. The minimum Gasteiger partial charge on any atom is -0.343 e. The summed E-state index contributed by atoms with van der Waals surface area (Å²) in [5.74, 6) is 1.45. The number of aromatic amines is 2. The van der Waals surface area contributed by atoms with Gasteiger partial charge in [-0.2, -0.15) is 0 Å². The van der Waals surface area contributed by atoms with Crippen LogP contribution in [0.5, 0.6) is 0 Å². The van der Waals surface area contributed by atoms with E-state index in [-0.39, 0.29) is 34.5 Å². The zero-order valence-corrected chi connectivity index (χ0v) is 30.1. The van der Waals surface area contributed by atoms with Gasteiger partial charge in [-0.25, -0.2) is 9.97 Å². The van der Waals surface area contributed by atoms with E-state index in [0.717, 1.165) is 39.5 Å². The second kappa shape index (κ2) is 14.7. The molecule has 252 valence electrons. The predicted octanol–water partition coefficient (Wildman–Crippen LogP) is 8.52. The van der Waals surface area contributed by atoms with E-state index in [1.807, 2.05) is 49.9 Å². The molecule has 4 aromatic rings. The molecular weight excluding hydrogens is 584 g/mol. The standard InChI is InChI=1S/C39H54N6O2/c1-11-44(12-2)33(46)23-30(38(5,6)7)35-40-24-31(42-35)28-19-15-26(16-20-28)27-17-21-29(22-18-27)32-25-41-36(43-32)34(39(8,9)10)37(47)45(13-3)14-4/h15-22,24-25,30,34H,11-14,23H2,1-10H3,(H,40,42)(H,41,43). The number of nitrogens with one attached hydrogen (secondary N) is 2. The summed E-state index contributed by atoms with van der Waals surface area (Å²) in [5.41, 5.74) is 5.72. The fraction of sp³-hybridized carbons (Fsp3) is 0.487. The van der Waals surface area contributed by atoms with E-state index >= 15 is 0 Å². The maximum Gasteiger partial charge on any atom is 0.233 e. The molecule has 2 heterocycles. The molecule has 47 heavy (non-hydrogen) atoms. The van der Waals surface area contributed by atoms with Gasteiger partial charge in [-0.15, -0.1) is 0 Å². The number of nitrogens with zero attached hydrogens (tertiary/aromatic N) is 4. The zero-order valence-electron chi connectivity index (χ0n) is 30.1. The van der Waals surface area contributed by atoms with Crippen molar-refractivity contribution in [3.8, 4) is 33.6 Å². The lowest BCUT2D eigenvalue weighted by Crippen LogP contribution is -2.40. The first kappa shape index (κ1) is 35.7. The lowest BCUT2D eigenvalue weighted by Gasteiger charge is -2.32. The first-order chi connectivity index (χ1) is 22.2. The Balaban J connectivity index is 1.50. The molecule has 2 N–H and O–H groups in total. The molecule has 0 fully saturated rings. The third-order valence-electron chi connectivity index (χ3n) is 9.25. The van der Waals surface area contributed by atoms with Crippen molar-refractivity contribution in [2.24, 2.45) is 10.8 Å². The summed E-state index contributed by atoms with van der Waals surface area (Å²) in [4.78, 5) is 46.6. The highest BCUT2D eigenvalue weighted by Crippen LogP contribution is 2.38. The van der Waals surface area contributed by atoms with E-state index in [1.165, 1.54) is 0 Å². The summed E-state index contributed by atoms with van der Waals surface area (Å²) in [7, 11) is 0. The Bertz CT molecular complexity index is 1610. The van der Waals surface area contributed by atoms with Crippen molar-refractivity contribution >= 4 is 11.8 Å². The van der Waals surface area contributed by atoms with E-state index < -0.39 is 0 Å². The van der Waals surface area contributed by atoms with Gasteiger partial charge in [0.15, 0.2) is 0 Å². The van der Waals surface area contributed by atoms with E-state index in [2.05, 4.69) is 105 Å². The molecule has 4 rings (SSSR count). The molecule has 2 atom stereocenters. The Morgan fingerprint density at radius 2 is 1.02 bits per heavy atom. The van der Waals surface area contributed by atoms with Crippen LogP contribution in [0.15, 0.2) is 60.9 Å². The van der Waals surface area contributed by atoms with Crippen LogP contribution >= 0.6 is 0 Å². The number of likely N-dealkylation sites (N-methyl/N-ethyl adjacent to an activating group) is 1. The highest BCUT2D eigenvalue weighted by atomic mass is 16.2. The molecule has 8 heteroatoms. The maximum atomic E-state index is 13.4. The lowest BCUT2D eigenvalue weighted by atomic mass is 9.78. The number of H-pyrrole nitrogens is 2. The number of hydrogen-bond donors (Lipinski definition) is 2. The van der Waals surface area contributed by atoms with Crippen molar-refractivity contribution in [3.05, 3.63) is 72.6 Å². The summed E-state index contributed by atoms with van der Waals surface area (Å²) >= 11 is 0. The molecule has 0 bridgehead atoms. The Kier molecular flexibility index (Phi) is 11.2. The highest BCUT2D eigenvalue weighted by molar-refractivity contribution is 5.84. The molecule has 2 aromatic carbocycles. The SMILES string of the molecule is CCN(CC)C(=O)CC(c1ncc(-c2ccc(-c3ccc(-c4cnc(C(C(=O)N(CC)CC)C(C)(C)C)[nH]4)cc3)cc2)[nH]1)C(C)(C)C. The Morgan fingerprint density at radius 3 is 1.43 bits per heavy atom. The number of imidazole rings is 2. The van der Waals surface area contributed by atoms with E-state index in [4.69, 9.17) is 4.98 Å². The van der Waals surface area contributed by atoms with Crippen molar-refractivity contribution in [3.63, 3.8) is 0 Å². The van der Waals surface area contributed by atoms with Crippen molar-refractivity contribution in [1.29, 1.82) is 0 Å². The molecule has 0 aliphatic heterocycles. The minimum absolute atomic E-state index is 0.0182. The molecule has 8 nitrogen and oxygen atoms in total. The molecule has 2 aromatic heterocycles. The van der Waals surface area contributed by atoms with Crippen LogP contribution in [0.1, 0.15) is 99.1 Å². The van der Waals surface area contributed by atoms with Crippen LogP contribution in [0, 0.1) is 10.8 Å². The number of carbonyl (C=O) groups excluding carboxylic acids is 2. The largest absolute Gasteiger partial charge is 0.343 e. The fourth-order valence-electron chi connectivity index (χ4n) is 6.28. The van der Waals surface area contributed by atoms with E-state index in [9.17, 15) is 9.59 Å². The third kappa shape index (κ3) is 8.21. The van der Waals surface area contributed by atoms with Crippen molar-refractivity contribution in [2.75, 3.05) is 26.2 Å². The van der Waals surface area contributed by atoms with Crippen molar-refractivity contribution in [2.45, 2.75) is 87.5 Å². The predicted molar refractivity (Wildman–Crippen MR) is 192 cm³/mol. The van der Waals surface area contributed by atoms with Crippen LogP contribution in [-0.4, -0.2) is 67.7 Å². The van der Waals surface area contributed by atoms with Crippen LogP contribution in [0.2, 0.25) is 0 Å². The summed E-state index contributed by atoms with van der Waals surface area (Å²) < 4.78 is 0. The van der Waals surface area contributed by atoms with Crippen molar-refractivity contribution < 1.29 is 9.59 Å². The van der Waals surface area contributed by atoms with Crippen LogP contribution in [0.4, 0.5) is 0 Å².